The first-order valence-electron chi connectivity index (χ1n) is 7.45. The van der Waals surface area contributed by atoms with Crippen molar-refractivity contribution < 1.29 is 0 Å². The first-order chi connectivity index (χ1) is 9.49. The van der Waals surface area contributed by atoms with Crippen molar-refractivity contribution in [2.45, 2.75) is 58.4 Å². The predicted octanol–water partition coefficient (Wildman–Crippen LogP) is 2.93. The van der Waals surface area contributed by atoms with Gasteiger partial charge in [-0.05, 0) is 25.3 Å². The van der Waals surface area contributed by atoms with Gasteiger partial charge in [0.05, 0.1) is 6.04 Å². The summed E-state index contributed by atoms with van der Waals surface area (Å²) in [5, 5.41) is 18.1. The second kappa shape index (κ2) is 5.07. The standard InChI is InChI=1S/C14H23N5S/c1-5-9-6-7-15-10(8-9)11-18-19-12(14(2,3)4)16-17-13(19)20-11/h9-10,15H,5-8H2,1-4H3. The highest BCUT2D eigenvalue weighted by Gasteiger charge is 2.27. The first kappa shape index (κ1) is 13.9. The third-order valence-electron chi connectivity index (χ3n) is 4.07. The van der Waals surface area contributed by atoms with Crippen molar-refractivity contribution in [3.8, 4) is 0 Å². The molecular formula is C14H23N5S. The van der Waals surface area contributed by atoms with E-state index < -0.39 is 0 Å². The topological polar surface area (TPSA) is 55.1 Å². The Labute approximate surface area is 123 Å². The number of piperidine rings is 1. The molecule has 1 fully saturated rings. The summed E-state index contributed by atoms with van der Waals surface area (Å²) in [4.78, 5) is 0.908. The molecule has 20 heavy (non-hydrogen) atoms. The molecule has 2 aromatic rings. The van der Waals surface area contributed by atoms with E-state index in [1.165, 1.54) is 19.3 Å². The average Bonchev–Trinajstić information content (AvgIpc) is 2.97. The molecule has 0 aliphatic carbocycles. The molecule has 6 heteroatoms. The Hall–Kier alpha value is -1.01. The van der Waals surface area contributed by atoms with Crippen molar-refractivity contribution in [1.29, 1.82) is 0 Å². The zero-order valence-corrected chi connectivity index (χ0v) is 13.5. The summed E-state index contributed by atoms with van der Waals surface area (Å²) in [5.41, 5.74) is -0.0310. The highest BCUT2D eigenvalue weighted by Crippen LogP contribution is 2.32. The normalized spacial score (nSPS) is 24.4. The van der Waals surface area contributed by atoms with Crippen LogP contribution in [0.25, 0.3) is 4.96 Å². The molecule has 0 saturated carbocycles. The number of rotatable bonds is 2. The molecule has 0 spiro atoms. The van der Waals surface area contributed by atoms with Crippen LogP contribution in [0.3, 0.4) is 0 Å². The zero-order valence-electron chi connectivity index (χ0n) is 12.7. The Balaban J connectivity index is 1.91. The van der Waals surface area contributed by atoms with E-state index in [9.17, 15) is 0 Å². The van der Waals surface area contributed by atoms with Gasteiger partial charge in [-0.3, -0.25) is 0 Å². The van der Waals surface area contributed by atoms with Crippen molar-refractivity contribution in [1.82, 2.24) is 25.1 Å². The van der Waals surface area contributed by atoms with Crippen LogP contribution >= 0.6 is 11.3 Å². The number of nitrogens with zero attached hydrogens (tertiary/aromatic N) is 4. The molecule has 1 N–H and O–H groups in total. The molecule has 2 aromatic heterocycles. The lowest BCUT2D eigenvalue weighted by molar-refractivity contribution is 0.297. The van der Waals surface area contributed by atoms with Crippen LogP contribution in [0.1, 0.15) is 63.8 Å². The molecule has 2 atom stereocenters. The van der Waals surface area contributed by atoms with E-state index in [0.29, 0.717) is 6.04 Å². The van der Waals surface area contributed by atoms with Crippen molar-refractivity contribution in [3.63, 3.8) is 0 Å². The summed E-state index contributed by atoms with van der Waals surface area (Å²) in [6.07, 6.45) is 3.73. The van der Waals surface area contributed by atoms with Gasteiger partial charge in [-0.25, -0.2) is 0 Å². The van der Waals surface area contributed by atoms with Crippen LogP contribution in [0.5, 0.6) is 0 Å². The number of aromatic nitrogens is 4. The number of nitrogens with one attached hydrogen (secondary N) is 1. The fraction of sp³-hybridized carbons (Fsp3) is 0.786. The van der Waals surface area contributed by atoms with Crippen LogP contribution < -0.4 is 5.32 Å². The van der Waals surface area contributed by atoms with Crippen LogP contribution in [0.15, 0.2) is 0 Å². The minimum atomic E-state index is -0.0310. The van der Waals surface area contributed by atoms with E-state index in [1.54, 1.807) is 11.3 Å². The molecule has 0 amide bonds. The van der Waals surface area contributed by atoms with E-state index in [1.807, 2.05) is 4.52 Å². The van der Waals surface area contributed by atoms with Crippen LogP contribution in [-0.4, -0.2) is 26.4 Å². The molecule has 0 aromatic carbocycles. The van der Waals surface area contributed by atoms with Gasteiger partial charge in [0.1, 0.15) is 5.01 Å². The Morgan fingerprint density at radius 2 is 2.15 bits per heavy atom. The lowest BCUT2D eigenvalue weighted by Gasteiger charge is -2.28. The quantitative estimate of drug-likeness (QED) is 0.925. The van der Waals surface area contributed by atoms with Gasteiger partial charge in [-0.1, -0.05) is 45.5 Å². The highest BCUT2D eigenvalue weighted by atomic mass is 32.1. The van der Waals surface area contributed by atoms with Crippen molar-refractivity contribution in [2.75, 3.05) is 6.54 Å². The SMILES string of the molecule is CCC1CCNC(c2nn3c(C(C)(C)C)nnc3s2)C1. The Kier molecular flexibility index (Phi) is 3.54. The molecule has 0 bridgehead atoms. The summed E-state index contributed by atoms with van der Waals surface area (Å²) in [6.45, 7) is 9.82. The monoisotopic (exact) mass is 293 g/mol. The second-order valence-electron chi connectivity index (χ2n) is 6.71. The molecule has 1 aliphatic rings. The van der Waals surface area contributed by atoms with Crippen LogP contribution in [0.2, 0.25) is 0 Å². The zero-order chi connectivity index (χ0) is 14.3. The van der Waals surface area contributed by atoms with Gasteiger partial charge in [0.25, 0.3) is 0 Å². The Bertz CT molecular complexity index is 594. The number of fused-ring (bicyclic) bond motifs is 1. The minimum Gasteiger partial charge on any atom is -0.308 e. The lowest BCUT2D eigenvalue weighted by Crippen LogP contribution is -2.31. The van der Waals surface area contributed by atoms with Gasteiger partial charge in [0, 0.05) is 5.41 Å². The van der Waals surface area contributed by atoms with Gasteiger partial charge < -0.3 is 5.32 Å². The van der Waals surface area contributed by atoms with Crippen molar-refractivity contribution >= 4 is 16.3 Å². The Morgan fingerprint density at radius 3 is 2.85 bits per heavy atom. The van der Waals surface area contributed by atoms with E-state index in [0.717, 1.165) is 28.3 Å². The number of hydrogen-bond donors (Lipinski definition) is 1. The van der Waals surface area contributed by atoms with E-state index in [2.05, 4.69) is 43.2 Å². The van der Waals surface area contributed by atoms with E-state index in [-0.39, 0.29) is 5.41 Å². The fourth-order valence-electron chi connectivity index (χ4n) is 2.80. The summed E-state index contributed by atoms with van der Waals surface area (Å²) in [5.74, 6) is 1.76. The predicted molar refractivity (Wildman–Crippen MR) is 81.1 cm³/mol. The maximum absolute atomic E-state index is 4.78. The van der Waals surface area contributed by atoms with Crippen LogP contribution in [0.4, 0.5) is 0 Å². The molecule has 5 nitrogen and oxygen atoms in total. The Morgan fingerprint density at radius 1 is 1.35 bits per heavy atom. The molecule has 110 valence electrons. The first-order valence-corrected chi connectivity index (χ1v) is 8.26. The lowest BCUT2D eigenvalue weighted by atomic mass is 9.91. The smallest absolute Gasteiger partial charge is 0.234 e. The van der Waals surface area contributed by atoms with Gasteiger partial charge >= 0.3 is 0 Å². The third kappa shape index (κ3) is 2.46. The van der Waals surface area contributed by atoms with Gasteiger partial charge in [0.15, 0.2) is 5.82 Å². The largest absolute Gasteiger partial charge is 0.308 e. The second-order valence-corrected chi connectivity index (χ2v) is 7.70. The van der Waals surface area contributed by atoms with Gasteiger partial charge in [-0.15, -0.1) is 10.2 Å². The molecule has 3 heterocycles. The summed E-state index contributed by atoms with van der Waals surface area (Å²) in [7, 11) is 0. The summed E-state index contributed by atoms with van der Waals surface area (Å²) >= 11 is 1.67. The van der Waals surface area contributed by atoms with Crippen LogP contribution in [0, 0.1) is 5.92 Å². The highest BCUT2D eigenvalue weighted by molar-refractivity contribution is 7.16. The molecule has 1 saturated heterocycles. The minimum absolute atomic E-state index is 0.0310. The molecule has 0 radical (unpaired) electrons. The molecule has 3 rings (SSSR count). The average molecular weight is 293 g/mol. The van der Waals surface area contributed by atoms with Crippen LogP contribution in [-0.2, 0) is 5.41 Å². The maximum atomic E-state index is 4.78. The van der Waals surface area contributed by atoms with Crippen molar-refractivity contribution in [3.05, 3.63) is 10.8 Å². The third-order valence-corrected chi connectivity index (χ3v) is 5.08. The van der Waals surface area contributed by atoms with E-state index in [4.69, 9.17) is 5.10 Å². The molecular weight excluding hydrogens is 270 g/mol. The van der Waals surface area contributed by atoms with Crippen molar-refractivity contribution in [2.24, 2.45) is 5.92 Å². The summed E-state index contributed by atoms with van der Waals surface area (Å²) in [6, 6.07) is 0.383. The molecule has 1 aliphatic heterocycles. The molecule has 2 unspecified atom stereocenters. The maximum Gasteiger partial charge on any atom is 0.234 e. The van der Waals surface area contributed by atoms with Gasteiger partial charge in [0.2, 0.25) is 4.96 Å². The van der Waals surface area contributed by atoms with Gasteiger partial charge in [-0.2, -0.15) is 9.61 Å². The number of hydrogen-bond acceptors (Lipinski definition) is 5. The summed E-state index contributed by atoms with van der Waals surface area (Å²) < 4.78 is 1.93. The van der Waals surface area contributed by atoms with E-state index >= 15 is 0 Å². The fourth-order valence-corrected chi connectivity index (χ4v) is 3.72.